The summed E-state index contributed by atoms with van der Waals surface area (Å²) in [7, 11) is 3.12. The highest BCUT2D eigenvalue weighted by atomic mass is 19.1. The largest absolute Gasteiger partial charge is 0.497 e. The summed E-state index contributed by atoms with van der Waals surface area (Å²) in [4.78, 5) is 35.0. The van der Waals surface area contributed by atoms with Crippen molar-refractivity contribution < 1.29 is 38.5 Å². The third kappa shape index (κ3) is 6.95. The van der Waals surface area contributed by atoms with Gasteiger partial charge in [-0.2, -0.15) is 0 Å². The molecule has 2 aromatic rings. The molecule has 0 saturated carbocycles. The van der Waals surface area contributed by atoms with Crippen LogP contribution >= 0.6 is 0 Å². The normalized spacial score (nSPS) is 13.5. The molecule has 0 spiro atoms. The van der Waals surface area contributed by atoms with Crippen molar-refractivity contribution in [3.05, 3.63) is 59.4 Å². The van der Waals surface area contributed by atoms with Crippen LogP contribution in [-0.2, 0) is 16.1 Å². The minimum Gasteiger partial charge on any atom is -0.497 e. The Labute approximate surface area is 184 Å². The summed E-state index contributed by atoms with van der Waals surface area (Å²) >= 11 is 0. The van der Waals surface area contributed by atoms with Gasteiger partial charge in [0, 0.05) is 49.9 Å². The van der Waals surface area contributed by atoms with Gasteiger partial charge in [0.05, 0.1) is 14.2 Å². The van der Waals surface area contributed by atoms with E-state index in [1.807, 2.05) is 11.0 Å². The van der Waals surface area contributed by atoms with Gasteiger partial charge in [-0.15, -0.1) is 0 Å². The number of halogens is 1. The molecule has 32 heavy (non-hydrogen) atoms. The Morgan fingerprint density at radius 2 is 1.44 bits per heavy atom. The second kappa shape index (κ2) is 11.7. The third-order valence-corrected chi connectivity index (χ3v) is 4.79. The quantitative estimate of drug-likeness (QED) is 0.667. The lowest BCUT2D eigenvalue weighted by Gasteiger charge is -2.35. The lowest BCUT2D eigenvalue weighted by atomic mass is 10.1. The fraction of sp³-hybridized carbons (Fsp3) is 0.318. The van der Waals surface area contributed by atoms with Crippen LogP contribution in [-0.4, -0.2) is 78.3 Å². The van der Waals surface area contributed by atoms with Crippen LogP contribution in [0.25, 0.3) is 0 Å². The molecule has 0 aromatic heterocycles. The van der Waals surface area contributed by atoms with Crippen molar-refractivity contribution in [2.24, 2.45) is 0 Å². The number of methoxy groups -OCH3 is 2. The minimum atomic E-state index is -1.82. The van der Waals surface area contributed by atoms with Gasteiger partial charge >= 0.3 is 11.9 Å². The zero-order valence-corrected chi connectivity index (χ0v) is 17.8. The molecule has 1 saturated heterocycles. The van der Waals surface area contributed by atoms with Crippen LogP contribution in [0.2, 0.25) is 0 Å². The van der Waals surface area contributed by atoms with Crippen molar-refractivity contribution in [1.82, 2.24) is 9.80 Å². The van der Waals surface area contributed by atoms with Gasteiger partial charge in [-0.25, -0.2) is 14.0 Å². The van der Waals surface area contributed by atoms with Crippen LogP contribution < -0.4 is 9.47 Å². The number of nitrogens with zero attached hydrogens (tertiary/aromatic N) is 2. The van der Waals surface area contributed by atoms with E-state index < -0.39 is 11.9 Å². The Hall–Kier alpha value is -3.66. The maximum absolute atomic E-state index is 13.8. The Kier molecular flexibility index (Phi) is 8.96. The number of carbonyl (C=O) groups is 3. The topological polar surface area (TPSA) is 117 Å². The van der Waals surface area contributed by atoms with Gasteiger partial charge in [0.2, 0.25) is 0 Å². The molecule has 0 bridgehead atoms. The number of rotatable bonds is 5. The first-order valence-electron chi connectivity index (χ1n) is 9.69. The molecule has 0 unspecified atom stereocenters. The van der Waals surface area contributed by atoms with E-state index >= 15 is 0 Å². The lowest BCUT2D eigenvalue weighted by molar-refractivity contribution is -0.159. The number of carboxylic acids is 2. The predicted molar refractivity (Wildman–Crippen MR) is 112 cm³/mol. The number of benzene rings is 2. The van der Waals surface area contributed by atoms with E-state index in [-0.39, 0.29) is 11.7 Å². The van der Waals surface area contributed by atoms with Crippen LogP contribution in [0.15, 0.2) is 42.5 Å². The number of ether oxygens (including phenoxy) is 2. The smallest absolute Gasteiger partial charge is 0.414 e. The van der Waals surface area contributed by atoms with E-state index in [2.05, 4.69) is 4.90 Å². The summed E-state index contributed by atoms with van der Waals surface area (Å²) in [5.41, 5.74) is 1.23. The Morgan fingerprint density at radius 1 is 0.906 bits per heavy atom. The molecule has 9 nitrogen and oxygen atoms in total. The summed E-state index contributed by atoms with van der Waals surface area (Å²) in [6.07, 6.45) is 0. The van der Waals surface area contributed by atoms with E-state index in [4.69, 9.17) is 29.3 Å². The van der Waals surface area contributed by atoms with E-state index in [9.17, 15) is 9.18 Å². The maximum atomic E-state index is 13.8. The molecule has 0 radical (unpaired) electrons. The van der Waals surface area contributed by atoms with E-state index in [1.165, 1.54) is 6.07 Å². The minimum absolute atomic E-state index is 0.0484. The molecule has 172 valence electrons. The van der Waals surface area contributed by atoms with Crippen molar-refractivity contribution >= 4 is 17.8 Å². The number of amides is 1. The van der Waals surface area contributed by atoms with Crippen molar-refractivity contribution in [2.75, 3.05) is 40.4 Å². The van der Waals surface area contributed by atoms with Crippen LogP contribution in [0.4, 0.5) is 4.39 Å². The van der Waals surface area contributed by atoms with Gasteiger partial charge in [-0.05, 0) is 18.2 Å². The summed E-state index contributed by atoms with van der Waals surface area (Å²) < 4.78 is 24.3. The number of aliphatic carboxylic acids is 2. The summed E-state index contributed by atoms with van der Waals surface area (Å²) in [6, 6.07) is 12.0. The number of carboxylic acid groups (broad SMARTS) is 2. The average molecular weight is 448 g/mol. The van der Waals surface area contributed by atoms with Crippen molar-refractivity contribution in [2.45, 2.75) is 6.54 Å². The van der Waals surface area contributed by atoms with Gasteiger partial charge in [0.15, 0.2) is 0 Å². The molecule has 3 rings (SSSR count). The van der Waals surface area contributed by atoms with Gasteiger partial charge in [0.25, 0.3) is 5.91 Å². The standard InChI is InChI=1S/C20H23FN2O3.C2H2O4/c1-25-17-11-16(12-18(13-17)26-2)20(24)23-9-7-22(8-10-23)14-15-5-3-4-6-19(15)21;3-1(4)2(5)6/h3-6,11-13H,7-10,14H2,1-2H3;(H,3,4)(H,5,6). The zero-order valence-electron chi connectivity index (χ0n) is 17.8. The van der Waals surface area contributed by atoms with Gasteiger partial charge in [0.1, 0.15) is 17.3 Å². The number of hydrogen-bond donors (Lipinski definition) is 2. The maximum Gasteiger partial charge on any atom is 0.414 e. The highest BCUT2D eigenvalue weighted by Gasteiger charge is 2.23. The Bertz CT molecular complexity index is 925. The molecular weight excluding hydrogens is 423 g/mol. The van der Waals surface area contributed by atoms with Crippen LogP contribution in [0.3, 0.4) is 0 Å². The summed E-state index contributed by atoms with van der Waals surface area (Å²) in [6.45, 7) is 3.18. The Morgan fingerprint density at radius 3 is 1.91 bits per heavy atom. The third-order valence-electron chi connectivity index (χ3n) is 4.79. The highest BCUT2D eigenvalue weighted by molar-refractivity contribution is 6.27. The van der Waals surface area contributed by atoms with E-state index in [0.29, 0.717) is 55.3 Å². The van der Waals surface area contributed by atoms with Crippen LogP contribution in [0, 0.1) is 5.82 Å². The molecule has 1 amide bonds. The van der Waals surface area contributed by atoms with Crippen LogP contribution in [0.5, 0.6) is 11.5 Å². The zero-order chi connectivity index (χ0) is 23.7. The fourth-order valence-corrected chi connectivity index (χ4v) is 3.09. The average Bonchev–Trinajstić information content (AvgIpc) is 2.80. The summed E-state index contributed by atoms with van der Waals surface area (Å²) in [5, 5.41) is 14.8. The molecule has 2 N–H and O–H groups in total. The molecule has 1 aliphatic heterocycles. The molecule has 0 aliphatic carbocycles. The second-order valence-corrected chi connectivity index (χ2v) is 6.87. The second-order valence-electron chi connectivity index (χ2n) is 6.87. The van der Waals surface area contributed by atoms with Crippen molar-refractivity contribution in [3.63, 3.8) is 0 Å². The summed E-state index contributed by atoms with van der Waals surface area (Å²) in [5.74, 6) is -2.70. The molecular formula is C22H25FN2O7. The first kappa shape index (κ1) is 24.6. The first-order chi connectivity index (χ1) is 15.2. The number of hydrogen-bond acceptors (Lipinski definition) is 6. The number of piperazine rings is 1. The van der Waals surface area contributed by atoms with Crippen molar-refractivity contribution in [1.29, 1.82) is 0 Å². The number of carbonyl (C=O) groups excluding carboxylic acids is 1. The first-order valence-corrected chi connectivity index (χ1v) is 9.69. The Balaban J connectivity index is 0.000000534. The van der Waals surface area contributed by atoms with E-state index in [0.717, 1.165) is 0 Å². The lowest BCUT2D eigenvalue weighted by Crippen LogP contribution is -2.48. The van der Waals surface area contributed by atoms with Crippen LogP contribution in [0.1, 0.15) is 15.9 Å². The van der Waals surface area contributed by atoms with Gasteiger partial charge in [-0.3, -0.25) is 9.69 Å². The SMILES string of the molecule is COc1cc(OC)cc(C(=O)N2CCN(Cc3ccccc3F)CC2)c1.O=C(O)C(=O)O. The predicted octanol–water partition coefficient (Wildman–Crippen LogP) is 1.96. The molecule has 1 aliphatic rings. The fourth-order valence-electron chi connectivity index (χ4n) is 3.09. The van der Waals surface area contributed by atoms with Crippen molar-refractivity contribution in [3.8, 4) is 11.5 Å². The highest BCUT2D eigenvalue weighted by Crippen LogP contribution is 2.24. The molecule has 0 atom stereocenters. The van der Waals surface area contributed by atoms with Gasteiger partial charge in [-0.1, -0.05) is 18.2 Å². The molecule has 1 fully saturated rings. The molecule has 2 aromatic carbocycles. The van der Waals surface area contributed by atoms with Gasteiger partial charge < -0.3 is 24.6 Å². The molecule has 1 heterocycles. The molecule has 10 heteroatoms. The monoisotopic (exact) mass is 448 g/mol. The van der Waals surface area contributed by atoms with E-state index in [1.54, 1.807) is 44.6 Å².